The molecule has 0 atom stereocenters. The van der Waals surface area contributed by atoms with Gasteiger partial charge in [-0.15, -0.1) is 0 Å². The molecule has 27 heavy (non-hydrogen) atoms. The molecule has 146 valence electrons. The van der Waals surface area contributed by atoms with Gasteiger partial charge in [0.15, 0.2) is 11.7 Å². The SMILES string of the molecule is CN=C(NCc1ncc(-c2ccccc2)o1)NCC1(CCOC)CCCC1. The minimum Gasteiger partial charge on any atom is -0.439 e. The van der Waals surface area contributed by atoms with E-state index in [0.717, 1.165) is 36.9 Å². The van der Waals surface area contributed by atoms with Crippen LogP contribution in [0.3, 0.4) is 0 Å². The van der Waals surface area contributed by atoms with E-state index in [1.54, 1.807) is 20.4 Å². The summed E-state index contributed by atoms with van der Waals surface area (Å²) in [6.45, 7) is 2.22. The Balaban J connectivity index is 1.51. The van der Waals surface area contributed by atoms with Gasteiger partial charge in [0.2, 0.25) is 5.89 Å². The minimum absolute atomic E-state index is 0.317. The van der Waals surface area contributed by atoms with Gasteiger partial charge in [0.05, 0.1) is 12.7 Å². The lowest BCUT2D eigenvalue weighted by Crippen LogP contribution is -2.43. The molecular formula is C21H30N4O2. The topological polar surface area (TPSA) is 71.7 Å². The molecule has 1 aromatic carbocycles. The highest BCUT2D eigenvalue weighted by Gasteiger charge is 2.33. The largest absolute Gasteiger partial charge is 0.439 e. The zero-order chi connectivity index (χ0) is 19.0. The Hall–Kier alpha value is -2.34. The molecule has 0 unspecified atom stereocenters. The number of ether oxygens (including phenoxy) is 1. The van der Waals surface area contributed by atoms with Crippen molar-refractivity contribution < 1.29 is 9.15 Å². The number of rotatable bonds is 8. The lowest BCUT2D eigenvalue weighted by molar-refractivity contribution is 0.138. The molecule has 0 amide bonds. The van der Waals surface area contributed by atoms with Crippen LogP contribution in [0.1, 0.15) is 38.0 Å². The number of benzene rings is 1. The third-order valence-electron chi connectivity index (χ3n) is 5.37. The smallest absolute Gasteiger partial charge is 0.214 e. The average Bonchev–Trinajstić information content (AvgIpc) is 3.37. The predicted molar refractivity (Wildman–Crippen MR) is 108 cm³/mol. The molecule has 1 aliphatic carbocycles. The molecule has 1 fully saturated rings. The second-order valence-electron chi connectivity index (χ2n) is 7.21. The Morgan fingerprint density at radius 1 is 1.22 bits per heavy atom. The predicted octanol–water partition coefficient (Wildman–Crippen LogP) is 3.60. The summed E-state index contributed by atoms with van der Waals surface area (Å²) >= 11 is 0. The molecule has 2 aromatic rings. The Bertz CT molecular complexity index is 721. The first kappa shape index (κ1) is 19.4. The maximum atomic E-state index is 5.84. The number of guanidine groups is 1. The zero-order valence-electron chi connectivity index (χ0n) is 16.3. The van der Waals surface area contributed by atoms with Crippen LogP contribution in [0.4, 0.5) is 0 Å². The first-order valence-electron chi connectivity index (χ1n) is 9.68. The molecule has 0 bridgehead atoms. The van der Waals surface area contributed by atoms with Crippen LogP contribution in [0.5, 0.6) is 0 Å². The maximum Gasteiger partial charge on any atom is 0.214 e. The first-order valence-corrected chi connectivity index (χ1v) is 9.68. The maximum absolute atomic E-state index is 5.84. The lowest BCUT2D eigenvalue weighted by atomic mass is 9.83. The molecule has 6 heteroatoms. The quantitative estimate of drug-likeness (QED) is 0.549. The van der Waals surface area contributed by atoms with Gasteiger partial charge in [-0.25, -0.2) is 4.98 Å². The Morgan fingerprint density at radius 2 is 2.00 bits per heavy atom. The van der Waals surface area contributed by atoms with Crippen molar-refractivity contribution in [3.8, 4) is 11.3 Å². The van der Waals surface area contributed by atoms with Crippen LogP contribution in [-0.2, 0) is 11.3 Å². The highest BCUT2D eigenvalue weighted by molar-refractivity contribution is 5.79. The van der Waals surface area contributed by atoms with Gasteiger partial charge in [-0.05, 0) is 24.7 Å². The first-order chi connectivity index (χ1) is 13.2. The number of methoxy groups -OCH3 is 1. The number of nitrogens with one attached hydrogen (secondary N) is 2. The molecule has 0 aliphatic heterocycles. The molecular weight excluding hydrogens is 340 g/mol. The molecule has 0 spiro atoms. The van der Waals surface area contributed by atoms with E-state index in [-0.39, 0.29) is 0 Å². The van der Waals surface area contributed by atoms with Crippen molar-refractivity contribution in [1.82, 2.24) is 15.6 Å². The van der Waals surface area contributed by atoms with Gasteiger partial charge in [0.25, 0.3) is 0 Å². The van der Waals surface area contributed by atoms with Crippen molar-refractivity contribution in [2.24, 2.45) is 10.4 Å². The summed E-state index contributed by atoms with van der Waals surface area (Å²) in [5.74, 6) is 2.20. The molecule has 1 heterocycles. The van der Waals surface area contributed by atoms with Crippen molar-refractivity contribution in [2.75, 3.05) is 27.3 Å². The van der Waals surface area contributed by atoms with Crippen LogP contribution in [-0.4, -0.2) is 38.3 Å². The number of aliphatic imine (C=N–C) groups is 1. The van der Waals surface area contributed by atoms with E-state index < -0.39 is 0 Å². The summed E-state index contributed by atoms with van der Waals surface area (Å²) in [7, 11) is 3.56. The van der Waals surface area contributed by atoms with Gasteiger partial charge in [0.1, 0.15) is 0 Å². The van der Waals surface area contributed by atoms with Gasteiger partial charge < -0.3 is 19.8 Å². The lowest BCUT2D eigenvalue weighted by Gasteiger charge is -2.29. The van der Waals surface area contributed by atoms with Crippen LogP contribution < -0.4 is 10.6 Å². The van der Waals surface area contributed by atoms with Gasteiger partial charge in [-0.2, -0.15) is 0 Å². The summed E-state index contributed by atoms with van der Waals surface area (Å²) in [6.07, 6.45) is 7.96. The molecule has 1 aromatic heterocycles. The standard InChI is InChI=1S/C21H30N4O2/c1-22-20(25-16-21(12-13-26-2)10-6-7-11-21)24-15-19-23-14-18(27-19)17-8-4-3-5-9-17/h3-5,8-9,14H,6-7,10-13,15-16H2,1-2H3,(H2,22,24,25). The third kappa shape index (κ3) is 5.32. The average molecular weight is 370 g/mol. The number of nitrogens with zero attached hydrogens (tertiary/aromatic N) is 2. The van der Waals surface area contributed by atoms with Crippen molar-refractivity contribution in [2.45, 2.75) is 38.6 Å². The second kappa shape index (κ2) is 9.55. The fourth-order valence-corrected chi connectivity index (χ4v) is 3.74. The van der Waals surface area contributed by atoms with Crippen LogP contribution in [0.25, 0.3) is 11.3 Å². The highest BCUT2D eigenvalue weighted by Crippen LogP contribution is 2.40. The fraction of sp³-hybridized carbons (Fsp3) is 0.524. The van der Waals surface area contributed by atoms with E-state index in [9.17, 15) is 0 Å². The Kier molecular flexibility index (Phi) is 6.87. The fourth-order valence-electron chi connectivity index (χ4n) is 3.74. The van der Waals surface area contributed by atoms with Gasteiger partial charge in [-0.1, -0.05) is 43.2 Å². The van der Waals surface area contributed by atoms with Crippen LogP contribution >= 0.6 is 0 Å². The van der Waals surface area contributed by atoms with Gasteiger partial charge in [-0.3, -0.25) is 4.99 Å². The Morgan fingerprint density at radius 3 is 2.70 bits per heavy atom. The summed E-state index contributed by atoms with van der Waals surface area (Å²) in [5.41, 5.74) is 1.34. The van der Waals surface area contributed by atoms with E-state index in [0.29, 0.717) is 17.9 Å². The number of hydrogen-bond acceptors (Lipinski definition) is 4. The van der Waals surface area contributed by atoms with Gasteiger partial charge >= 0.3 is 0 Å². The van der Waals surface area contributed by atoms with Gasteiger partial charge in [0, 0.05) is 32.9 Å². The van der Waals surface area contributed by atoms with Crippen LogP contribution in [0.15, 0.2) is 45.9 Å². The second-order valence-corrected chi connectivity index (χ2v) is 7.21. The van der Waals surface area contributed by atoms with E-state index in [1.165, 1.54) is 25.7 Å². The van der Waals surface area contributed by atoms with Crippen LogP contribution in [0, 0.1) is 5.41 Å². The number of oxazole rings is 1. The van der Waals surface area contributed by atoms with E-state index in [4.69, 9.17) is 9.15 Å². The summed E-state index contributed by atoms with van der Waals surface area (Å²) in [4.78, 5) is 8.70. The molecule has 3 rings (SSSR count). The van der Waals surface area contributed by atoms with E-state index in [1.807, 2.05) is 30.3 Å². The van der Waals surface area contributed by atoms with Crippen molar-refractivity contribution in [1.29, 1.82) is 0 Å². The van der Waals surface area contributed by atoms with Crippen molar-refractivity contribution in [3.63, 3.8) is 0 Å². The summed E-state index contributed by atoms with van der Waals surface area (Å²) in [5, 5.41) is 6.78. The molecule has 1 aliphatic rings. The normalized spacial score (nSPS) is 16.4. The summed E-state index contributed by atoms with van der Waals surface area (Å²) in [6, 6.07) is 9.99. The monoisotopic (exact) mass is 370 g/mol. The number of hydrogen-bond donors (Lipinski definition) is 2. The summed E-state index contributed by atoms with van der Waals surface area (Å²) < 4.78 is 11.2. The number of aromatic nitrogens is 1. The third-order valence-corrected chi connectivity index (χ3v) is 5.37. The molecule has 0 radical (unpaired) electrons. The van der Waals surface area contributed by atoms with Crippen molar-refractivity contribution >= 4 is 5.96 Å². The molecule has 0 saturated heterocycles. The molecule has 2 N–H and O–H groups in total. The molecule has 6 nitrogen and oxygen atoms in total. The Labute approximate surface area is 161 Å². The van der Waals surface area contributed by atoms with Crippen molar-refractivity contribution in [3.05, 3.63) is 42.4 Å². The van der Waals surface area contributed by atoms with Crippen LogP contribution in [0.2, 0.25) is 0 Å². The molecule has 1 saturated carbocycles. The van der Waals surface area contributed by atoms with E-state index in [2.05, 4.69) is 20.6 Å². The zero-order valence-corrected chi connectivity index (χ0v) is 16.3. The highest BCUT2D eigenvalue weighted by atomic mass is 16.5. The minimum atomic E-state index is 0.317. The van der Waals surface area contributed by atoms with E-state index >= 15 is 0 Å².